The van der Waals surface area contributed by atoms with Gasteiger partial charge in [0.05, 0.1) is 6.20 Å². The lowest BCUT2D eigenvalue weighted by molar-refractivity contribution is 0.101. The highest BCUT2D eigenvalue weighted by molar-refractivity contribution is 5.94. The quantitative estimate of drug-likeness (QED) is 0.360. The molecule has 0 aliphatic heterocycles. The number of aryl methyl sites for hydroxylation is 3. The second-order valence-electron chi connectivity index (χ2n) is 7.09. The van der Waals surface area contributed by atoms with Gasteiger partial charge < -0.3 is 5.32 Å². The maximum absolute atomic E-state index is 12.1. The highest BCUT2D eigenvalue weighted by Crippen LogP contribution is 2.06. The third-order valence-corrected chi connectivity index (χ3v) is 4.21. The molecule has 0 aliphatic carbocycles. The molecule has 2 rings (SSSR count). The number of nitrogens with one attached hydrogen (secondary N) is 1. The van der Waals surface area contributed by atoms with E-state index >= 15 is 0 Å². The van der Waals surface area contributed by atoms with Gasteiger partial charge in [-0.15, -0.1) is 0 Å². The number of hydrogen-bond donors (Lipinski definition) is 1. The van der Waals surface area contributed by atoms with Gasteiger partial charge in [-0.3, -0.25) is 14.8 Å². The van der Waals surface area contributed by atoms with Crippen LogP contribution in [0.25, 0.3) is 0 Å². The van der Waals surface area contributed by atoms with E-state index in [1.54, 1.807) is 26.1 Å². The molecule has 0 radical (unpaired) electrons. The molecule has 0 amide bonds. The summed E-state index contributed by atoms with van der Waals surface area (Å²) in [5.74, 6) is -0.194. The van der Waals surface area contributed by atoms with Crippen LogP contribution >= 0.6 is 0 Å². The Labute approximate surface area is 195 Å². The van der Waals surface area contributed by atoms with Crippen molar-refractivity contribution in [3.63, 3.8) is 0 Å². The zero-order chi connectivity index (χ0) is 25.1. The van der Waals surface area contributed by atoms with Gasteiger partial charge in [0, 0.05) is 34.9 Å². The first-order valence-electron chi connectivity index (χ1n) is 11.2. The first-order chi connectivity index (χ1) is 15.1. The minimum Gasteiger partial charge on any atom is -0.383 e. The Kier molecular flexibility index (Phi) is 18.5. The third kappa shape index (κ3) is 15.1. The number of pyridine rings is 2. The number of carbonyl (C=O) groups excluding carboxylic acids is 1. The smallest absolute Gasteiger partial charge is 0.161 e. The fourth-order valence-electron chi connectivity index (χ4n) is 2.62. The SMILES string of the molecule is C=CC(=C)NC(CC)CCC.CC.CC(=O)c1ccc(C)nc1C.Cc1cncc(F)c1. The molecule has 2 heterocycles. The number of rotatable bonds is 7. The number of Topliss-reactive ketones (excluding diaryl/α,β-unsaturated/α-hetero) is 1. The van der Waals surface area contributed by atoms with Gasteiger partial charge in [0.15, 0.2) is 5.78 Å². The van der Waals surface area contributed by atoms with E-state index < -0.39 is 0 Å². The van der Waals surface area contributed by atoms with Crippen LogP contribution < -0.4 is 5.32 Å². The number of nitrogens with zero attached hydrogens (tertiary/aromatic N) is 2. The zero-order valence-electron chi connectivity index (χ0n) is 21.3. The minimum absolute atomic E-state index is 0.0787. The normalized spacial score (nSPS) is 10.0. The van der Waals surface area contributed by atoms with Gasteiger partial charge in [-0.1, -0.05) is 47.3 Å². The van der Waals surface area contributed by atoms with Gasteiger partial charge in [0.2, 0.25) is 0 Å². The molecule has 0 saturated carbocycles. The van der Waals surface area contributed by atoms with Crippen LogP contribution in [0, 0.1) is 26.6 Å². The molecule has 178 valence electrons. The van der Waals surface area contributed by atoms with E-state index in [2.05, 4.69) is 42.3 Å². The van der Waals surface area contributed by atoms with Crippen molar-refractivity contribution in [2.75, 3.05) is 0 Å². The molecule has 2 aromatic heterocycles. The number of aromatic nitrogens is 2. The summed E-state index contributed by atoms with van der Waals surface area (Å²) in [5.41, 5.74) is 4.27. The van der Waals surface area contributed by atoms with Gasteiger partial charge >= 0.3 is 0 Å². The molecule has 2 aromatic rings. The van der Waals surface area contributed by atoms with Crippen LogP contribution in [0.3, 0.4) is 0 Å². The van der Waals surface area contributed by atoms with E-state index in [4.69, 9.17) is 0 Å². The summed E-state index contributed by atoms with van der Waals surface area (Å²) in [6.07, 6.45) is 8.15. The molecule has 0 aliphatic rings. The van der Waals surface area contributed by atoms with E-state index in [9.17, 15) is 9.18 Å². The monoisotopic (exact) mass is 443 g/mol. The second kappa shape index (κ2) is 18.9. The summed E-state index contributed by atoms with van der Waals surface area (Å²) < 4.78 is 12.1. The van der Waals surface area contributed by atoms with Gasteiger partial charge in [-0.25, -0.2) is 4.39 Å². The topological polar surface area (TPSA) is 54.9 Å². The van der Waals surface area contributed by atoms with Crippen LogP contribution in [0.15, 0.2) is 55.5 Å². The number of ketones is 1. The Bertz CT molecular complexity index is 801. The average Bonchev–Trinajstić information content (AvgIpc) is 2.75. The predicted molar refractivity (Wildman–Crippen MR) is 135 cm³/mol. The maximum Gasteiger partial charge on any atom is 0.161 e. The van der Waals surface area contributed by atoms with Crippen molar-refractivity contribution in [1.29, 1.82) is 0 Å². The zero-order valence-corrected chi connectivity index (χ0v) is 21.3. The molecule has 4 nitrogen and oxygen atoms in total. The largest absolute Gasteiger partial charge is 0.383 e. The van der Waals surface area contributed by atoms with E-state index in [0.29, 0.717) is 6.04 Å². The number of allylic oxidation sites excluding steroid dienone is 1. The minimum atomic E-state index is -0.273. The first-order valence-corrected chi connectivity index (χ1v) is 11.2. The Balaban J connectivity index is 0. The second-order valence-corrected chi connectivity index (χ2v) is 7.09. The third-order valence-electron chi connectivity index (χ3n) is 4.21. The van der Waals surface area contributed by atoms with Gasteiger partial charge in [-0.2, -0.15) is 0 Å². The van der Waals surface area contributed by atoms with Crippen LogP contribution in [0.1, 0.15) is 81.2 Å². The van der Waals surface area contributed by atoms with Crippen molar-refractivity contribution >= 4 is 5.78 Å². The van der Waals surface area contributed by atoms with Gasteiger partial charge in [0.1, 0.15) is 5.82 Å². The molecular formula is C27H42FN3O. The summed E-state index contributed by atoms with van der Waals surface area (Å²) >= 11 is 0. The van der Waals surface area contributed by atoms with Crippen LogP contribution in [0.4, 0.5) is 4.39 Å². The molecule has 5 heteroatoms. The standard InChI is InChI=1S/C10H19N.C9H11NO.C6H6FN.C2H6/c1-5-8-10(7-3)11-9(4)6-2;1-6-4-5-9(8(3)11)7(2)10-6;1-5-2-6(7)4-8-3-5;1-2/h6,10-11H,2,4-5,7-8H2,1,3H3;4-5H,1-3H3;2-4H,1H3;1-2H3. The summed E-state index contributed by atoms with van der Waals surface area (Å²) in [5, 5.41) is 3.30. The molecule has 1 unspecified atom stereocenters. The molecule has 0 bridgehead atoms. The number of carbonyl (C=O) groups is 1. The van der Waals surface area contributed by atoms with Crippen LogP contribution in [0.2, 0.25) is 0 Å². The maximum atomic E-state index is 12.1. The Morgan fingerprint density at radius 3 is 2.19 bits per heavy atom. The van der Waals surface area contributed by atoms with Crippen LogP contribution in [-0.4, -0.2) is 21.8 Å². The molecule has 1 N–H and O–H groups in total. The number of halogens is 1. The van der Waals surface area contributed by atoms with E-state index in [-0.39, 0.29) is 11.6 Å². The molecular weight excluding hydrogens is 401 g/mol. The highest BCUT2D eigenvalue weighted by Gasteiger charge is 2.03. The lowest BCUT2D eigenvalue weighted by Crippen LogP contribution is -2.26. The van der Waals surface area contributed by atoms with Crippen molar-refractivity contribution in [3.05, 3.63) is 83.9 Å². The summed E-state index contributed by atoms with van der Waals surface area (Å²) in [6.45, 7) is 23.0. The molecule has 32 heavy (non-hydrogen) atoms. The Hall–Kier alpha value is -2.82. The molecule has 0 spiro atoms. The predicted octanol–water partition coefficient (Wildman–Crippen LogP) is 7.31. The summed E-state index contributed by atoms with van der Waals surface area (Å²) in [4.78, 5) is 18.7. The van der Waals surface area contributed by atoms with Gasteiger partial charge in [-0.05, 0) is 70.4 Å². The van der Waals surface area contributed by atoms with Crippen molar-refractivity contribution in [2.24, 2.45) is 0 Å². The Morgan fingerprint density at radius 1 is 1.19 bits per heavy atom. The van der Waals surface area contributed by atoms with Gasteiger partial charge in [0.25, 0.3) is 0 Å². The van der Waals surface area contributed by atoms with E-state index in [1.807, 2.05) is 39.8 Å². The van der Waals surface area contributed by atoms with Crippen LogP contribution in [-0.2, 0) is 0 Å². The fourth-order valence-corrected chi connectivity index (χ4v) is 2.62. The first kappa shape index (κ1) is 31.4. The van der Waals surface area contributed by atoms with Crippen molar-refractivity contribution in [3.8, 4) is 0 Å². The highest BCUT2D eigenvalue weighted by atomic mass is 19.1. The fraction of sp³-hybridized carbons (Fsp3) is 0.444. The molecule has 0 saturated heterocycles. The van der Waals surface area contributed by atoms with Crippen molar-refractivity contribution < 1.29 is 9.18 Å². The van der Waals surface area contributed by atoms with E-state index in [0.717, 1.165) is 34.6 Å². The Morgan fingerprint density at radius 2 is 1.81 bits per heavy atom. The lowest BCUT2D eigenvalue weighted by Gasteiger charge is -2.16. The van der Waals surface area contributed by atoms with Crippen molar-refractivity contribution in [1.82, 2.24) is 15.3 Å². The molecule has 0 aromatic carbocycles. The lowest BCUT2D eigenvalue weighted by atomic mass is 10.1. The van der Waals surface area contributed by atoms with Crippen molar-refractivity contribution in [2.45, 2.75) is 80.7 Å². The summed E-state index contributed by atoms with van der Waals surface area (Å²) in [6, 6.07) is 5.68. The van der Waals surface area contributed by atoms with Crippen LogP contribution in [0.5, 0.6) is 0 Å². The molecule has 0 fully saturated rings. The van der Waals surface area contributed by atoms with E-state index in [1.165, 1.54) is 25.1 Å². The molecule has 1 atom stereocenters. The number of hydrogen-bond acceptors (Lipinski definition) is 4. The average molecular weight is 444 g/mol. The summed E-state index contributed by atoms with van der Waals surface area (Å²) in [7, 11) is 0.